The van der Waals surface area contributed by atoms with Crippen molar-refractivity contribution in [3.8, 4) is 0 Å². The van der Waals surface area contributed by atoms with Gasteiger partial charge in [0.25, 0.3) is 0 Å². The molecule has 0 bridgehead atoms. The van der Waals surface area contributed by atoms with Crippen LogP contribution < -0.4 is 0 Å². The Balaban J connectivity index is 2.70. The summed E-state index contributed by atoms with van der Waals surface area (Å²) in [6, 6.07) is 0. The second-order valence-electron chi connectivity index (χ2n) is 6.35. The lowest BCUT2D eigenvalue weighted by Gasteiger charge is -2.36. The fourth-order valence-electron chi connectivity index (χ4n) is 2.47. The summed E-state index contributed by atoms with van der Waals surface area (Å²) < 4.78 is 5.17. The third-order valence-corrected chi connectivity index (χ3v) is 3.77. The largest absolute Gasteiger partial charge is 0.427 e. The minimum Gasteiger partial charge on any atom is -0.427 e. The third-order valence-electron chi connectivity index (χ3n) is 3.77. The molecule has 0 aromatic heterocycles. The zero-order valence-electron chi connectivity index (χ0n) is 12.8. The number of carbonyl (C=O) groups excluding carboxylic acids is 1. The Bertz CT molecular complexity index is 411. The Morgan fingerprint density at radius 2 is 2.16 bits per heavy atom. The molecule has 0 aliphatic heterocycles. The van der Waals surface area contributed by atoms with Gasteiger partial charge in [-0.15, -0.1) is 0 Å². The number of ether oxygens (including phenoxy) is 1. The van der Waals surface area contributed by atoms with Gasteiger partial charge in [0.05, 0.1) is 5.92 Å². The molecule has 0 heterocycles. The SMILES string of the molecule is C=C(C=CC1C(C)=CCCC1(C)C)OC(=O)C(C)C. The van der Waals surface area contributed by atoms with Gasteiger partial charge < -0.3 is 4.74 Å². The van der Waals surface area contributed by atoms with Crippen molar-refractivity contribution >= 4 is 5.97 Å². The van der Waals surface area contributed by atoms with Crippen LogP contribution in [0.4, 0.5) is 0 Å². The van der Waals surface area contributed by atoms with Crippen LogP contribution in [0.3, 0.4) is 0 Å². The van der Waals surface area contributed by atoms with Crippen LogP contribution in [0.1, 0.15) is 47.5 Å². The zero-order chi connectivity index (χ0) is 14.6. The Morgan fingerprint density at radius 1 is 1.53 bits per heavy atom. The van der Waals surface area contributed by atoms with Gasteiger partial charge in [-0.25, -0.2) is 0 Å². The maximum Gasteiger partial charge on any atom is 0.313 e. The van der Waals surface area contributed by atoms with Gasteiger partial charge in [-0.1, -0.05) is 52.0 Å². The monoisotopic (exact) mass is 262 g/mol. The molecule has 0 saturated heterocycles. The van der Waals surface area contributed by atoms with E-state index in [1.807, 2.05) is 19.9 Å². The molecule has 0 aromatic carbocycles. The first kappa shape index (κ1) is 15.7. The van der Waals surface area contributed by atoms with Gasteiger partial charge in [0.2, 0.25) is 0 Å². The molecule has 1 rings (SSSR count). The minimum absolute atomic E-state index is 0.127. The standard InChI is InChI=1S/C17H26O2/c1-12(2)16(18)19-14(4)9-10-15-13(3)8-7-11-17(15,5)6/h8-10,12,15H,4,7,11H2,1-3,5-6H3. The number of hydrogen-bond donors (Lipinski definition) is 0. The Morgan fingerprint density at radius 3 is 2.68 bits per heavy atom. The molecule has 0 fully saturated rings. The van der Waals surface area contributed by atoms with Crippen molar-refractivity contribution in [2.45, 2.75) is 47.5 Å². The fourth-order valence-corrected chi connectivity index (χ4v) is 2.47. The number of hydrogen-bond acceptors (Lipinski definition) is 2. The first-order valence-electron chi connectivity index (χ1n) is 6.99. The van der Waals surface area contributed by atoms with Crippen molar-refractivity contribution in [3.05, 3.63) is 36.1 Å². The van der Waals surface area contributed by atoms with Crippen molar-refractivity contribution in [1.82, 2.24) is 0 Å². The zero-order valence-corrected chi connectivity index (χ0v) is 12.8. The van der Waals surface area contributed by atoms with Gasteiger partial charge >= 0.3 is 5.97 Å². The van der Waals surface area contributed by atoms with E-state index in [1.54, 1.807) is 0 Å². The highest BCUT2D eigenvalue weighted by Gasteiger charge is 2.30. The number of allylic oxidation sites excluding steroid dienone is 4. The van der Waals surface area contributed by atoms with Gasteiger partial charge in [0.15, 0.2) is 0 Å². The molecule has 1 unspecified atom stereocenters. The molecule has 0 N–H and O–H groups in total. The Hall–Kier alpha value is -1.31. The highest BCUT2D eigenvalue weighted by molar-refractivity contribution is 5.72. The minimum atomic E-state index is -0.232. The van der Waals surface area contributed by atoms with Crippen LogP contribution in [0.15, 0.2) is 36.1 Å². The van der Waals surface area contributed by atoms with E-state index in [4.69, 9.17) is 4.74 Å². The van der Waals surface area contributed by atoms with Gasteiger partial charge in [-0.05, 0) is 31.3 Å². The van der Waals surface area contributed by atoms with Crippen LogP contribution in [-0.2, 0) is 9.53 Å². The lowest BCUT2D eigenvalue weighted by Crippen LogP contribution is -2.26. The van der Waals surface area contributed by atoms with Gasteiger partial charge in [-0.2, -0.15) is 0 Å². The number of esters is 1. The van der Waals surface area contributed by atoms with Crippen LogP contribution in [0.5, 0.6) is 0 Å². The second kappa shape index (κ2) is 6.23. The van der Waals surface area contributed by atoms with E-state index in [0.29, 0.717) is 11.7 Å². The Kier molecular flexibility index (Phi) is 5.16. The molecule has 0 spiro atoms. The average Bonchev–Trinajstić information content (AvgIpc) is 2.27. The molecular weight excluding hydrogens is 236 g/mol. The van der Waals surface area contributed by atoms with E-state index in [9.17, 15) is 4.79 Å². The lowest BCUT2D eigenvalue weighted by atomic mass is 9.68. The summed E-state index contributed by atoms with van der Waals surface area (Å²) in [5, 5.41) is 0. The van der Waals surface area contributed by atoms with Gasteiger partial charge in [-0.3, -0.25) is 4.79 Å². The average molecular weight is 262 g/mol. The highest BCUT2D eigenvalue weighted by atomic mass is 16.5. The molecule has 2 heteroatoms. The summed E-state index contributed by atoms with van der Waals surface area (Å²) in [6.45, 7) is 14.1. The van der Waals surface area contributed by atoms with Gasteiger partial charge in [0.1, 0.15) is 5.76 Å². The van der Waals surface area contributed by atoms with E-state index >= 15 is 0 Å². The van der Waals surface area contributed by atoms with E-state index in [-0.39, 0.29) is 17.3 Å². The van der Waals surface area contributed by atoms with Crippen molar-refractivity contribution in [3.63, 3.8) is 0 Å². The van der Waals surface area contributed by atoms with Crippen LogP contribution >= 0.6 is 0 Å². The lowest BCUT2D eigenvalue weighted by molar-refractivity contribution is -0.142. The molecule has 1 aliphatic rings. The summed E-state index contributed by atoms with van der Waals surface area (Å²) in [6.07, 6.45) is 8.56. The number of carbonyl (C=O) groups is 1. The smallest absolute Gasteiger partial charge is 0.313 e. The van der Waals surface area contributed by atoms with Crippen LogP contribution in [0.25, 0.3) is 0 Å². The molecule has 0 radical (unpaired) electrons. The summed E-state index contributed by atoms with van der Waals surface area (Å²) in [5.41, 5.74) is 1.63. The quantitative estimate of drug-likeness (QED) is 0.319. The topological polar surface area (TPSA) is 26.3 Å². The predicted molar refractivity (Wildman–Crippen MR) is 79.5 cm³/mol. The molecule has 1 atom stereocenters. The summed E-state index contributed by atoms with van der Waals surface area (Å²) >= 11 is 0. The summed E-state index contributed by atoms with van der Waals surface area (Å²) in [7, 11) is 0. The molecule has 19 heavy (non-hydrogen) atoms. The van der Waals surface area contributed by atoms with E-state index in [2.05, 4.69) is 39.5 Å². The third kappa shape index (κ3) is 4.38. The highest BCUT2D eigenvalue weighted by Crippen LogP contribution is 2.41. The normalized spacial score (nSPS) is 22.4. The van der Waals surface area contributed by atoms with Crippen molar-refractivity contribution in [1.29, 1.82) is 0 Å². The van der Waals surface area contributed by atoms with E-state index in [0.717, 1.165) is 6.42 Å². The van der Waals surface area contributed by atoms with Gasteiger partial charge in [0, 0.05) is 5.92 Å². The molecule has 0 saturated carbocycles. The summed E-state index contributed by atoms with van der Waals surface area (Å²) in [5.74, 6) is 0.450. The molecule has 2 nitrogen and oxygen atoms in total. The molecular formula is C17H26O2. The van der Waals surface area contributed by atoms with Crippen molar-refractivity contribution < 1.29 is 9.53 Å². The van der Waals surface area contributed by atoms with E-state index < -0.39 is 0 Å². The van der Waals surface area contributed by atoms with Crippen LogP contribution in [0.2, 0.25) is 0 Å². The van der Waals surface area contributed by atoms with Crippen molar-refractivity contribution in [2.75, 3.05) is 0 Å². The Labute approximate surface area is 117 Å². The molecule has 106 valence electrons. The van der Waals surface area contributed by atoms with E-state index in [1.165, 1.54) is 12.0 Å². The maximum absolute atomic E-state index is 11.5. The maximum atomic E-state index is 11.5. The van der Waals surface area contributed by atoms with Crippen LogP contribution in [0, 0.1) is 17.3 Å². The predicted octanol–water partition coefficient (Wildman–Crippen LogP) is 4.64. The van der Waals surface area contributed by atoms with Crippen molar-refractivity contribution in [2.24, 2.45) is 17.3 Å². The first-order chi connectivity index (χ1) is 8.74. The molecule has 1 aliphatic carbocycles. The first-order valence-corrected chi connectivity index (χ1v) is 6.99. The second-order valence-corrected chi connectivity index (χ2v) is 6.35. The number of rotatable bonds is 4. The van der Waals surface area contributed by atoms with Crippen LogP contribution in [-0.4, -0.2) is 5.97 Å². The summed E-state index contributed by atoms with van der Waals surface area (Å²) in [4.78, 5) is 11.5. The fraction of sp³-hybridized carbons (Fsp3) is 0.588. The molecule has 0 amide bonds. The molecule has 0 aromatic rings.